The topological polar surface area (TPSA) is 262 Å². The van der Waals surface area contributed by atoms with Crippen LogP contribution in [0.4, 0.5) is 11.4 Å². The van der Waals surface area contributed by atoms with Crippen molar-refractivity contribution >= 4 is 53.4 Å². The first-order valence-electron chi connectivity index (χ1n) is 23.6. The van der Waals surface area contributed by atoms with Gasteiger partial charge in [-0.3, -0.25) is 18.5 Å². The summed E-state index contributed by atoms with van der Waals surface area (Å²) in [6, 6.07) is 8.84. The normalized spacial score (nSPS) is 19.1. The molecule has 0 aliphatic carbocycles. The summed E-state index contributed by atoms with van der Waals surface area (Å²) in [7, 11) is -11.7. The number of benzene rings is 2. The van der Waals surface area contributed by atoms with Gasteiger partial charge in [0.2, 0.25) is 5.69 Å². The van der Waals surface area contributed by atoms with E-state index >= 15 is 0 Å². The van der Waals surface area contributed by atoms with E-state index in [1.54, 1.807) is 37.5 Å². The minimum absolute atomic E-state index is 0.0404. The predicted molar refractivity (Wildman–Crippen MR) is 268 cm³/mol. The lowest BCUT2D eigenvalue weighted by atomic mass is 9.76. The summed E-state index contributed by atoms with van der Waals surface area (Å²) in [5, 5.41) is 9.20. The molecular formula is C49H71N2O17S3+. The van der Waals surface area contributed by atoms with Crippen LogP contribution in [-0.4, -0.2) is 159 Å². The summed E-state index contributed by atoms with van der Waals surface area (Å²) in [5.74, 6) is -1.36. The molecule has 19 nitrogen and oxygen atoms in total. The maximum atomic E-state index is 12.4. The van der Waals surface area contributed by atoms with Crippen molar-refractivity contribution in [3.8, 4) is 0 Å². The number of anilines is 1. The van der Waals surface area contributed by atoms with Gasteiger partial charge in [0.15, 0.2) is 5.71 Å². The Morgan fingerprint density at radius 3 is 1.73 bits per heavy atom. The van der Waals surface area contributed by atoms with E-state index in [-0.39, 0.29) is 35.7 Å². The smallest absolute Gasteiger partial charge is 0.303 e. The zero-order chi connectivity index (χ0) is 52.1. The Balaban J connectivity index is 1.52. The number of hydrogen-bond acceptors (Lipinski definition) is 14. The molecular weight excluding hydrogens is 985 g/mol. The lowest BCUT2D eigenvalue weighted by molar-refractivity contribution is -0.438. The number of unbranched alkanes of at least 4 members (excludes halogenated alkanes) is 2. The standard InChI is InChI=1S/C49H70N2O17S3/c1-5-50-43-20-18-39(70(57,58)59)37-41(43)48(2,22-14-36-69(54,55)56)45(50)15-10-7-6-8-11-16-46-49(3,23-25-64-28-29-66-32-33-68-35-34-67-31-30-65-27-26-63-4)42-38-40(71(60,61)62)19-21-44(42)51(46)24-13-9-12-17-47(52)53/h6-8,10-11,15-16,18-21,37-38H,5,9,12-14,17,22-36H2,1-4H3,(H3-,52,53,54,55,56,57,58,59,60,61,62)/p+1. The summed E-state index contributed by atoms with van der Waals surface area (Å²) in [6.45, 7) is 11.2. The van der Waals surface area contributed by atoms with Gasteiger partial charge >= 0.3 is 5.97 Å². The summed E-state index contributed by atoms with van der Waals surface area (Å²) in [4.78, 5) is 12.7. The Morgan fingerprint density at radius 2 is 1.18 bits per heavy atom. The van der Waals surface area contributed by atoms with Crippen LogP contribution in [0.25, 0.3) is 0 Å². The number of methoxy groups -OCH3 is 1. The Bertz CT molecular complexity index is 2580. The van der Waals surface area contributed by atoms with Gasteiger partial charge in [-0.15, -0.1) is 0 Å². The molecule has 71 heavy (non-hydrogen) atoms. The zero-order valence-corrected chi connectivity index (χ0v) is 43.5. The molecule has 396 valence electrons. The Hall–Kier alpha value is -4.17. The molecule has 0 saturated carbocycles. The number of carboxylic acid groups (broad SMARTS) is 1. The van der Waals surface area contributed by atoms with Crippen LogP contribution in [0.2, 0.25) is 0 Å². The van der Waals surface area contributed by atoms with E-state index in [2.05, 4.69) is 4.58 Å². The highest BCUT2D eigenvalue weighted by molar-refractivity contribution is 7.86. The Kier molecular flexibility index (Phi) is 23.7. The maximum absolute atomic E-state index is 12.4. The zero-order valence-electron chi connectivity index (χ0n) is 41.1. The molecule has 22 heteroatoms. The number of hydrogen-bond donors (Lipinski definition) is 4. The quantitative estimate of drug-likeness (QED) is 0.0255. The largest absolute Gasteiger partial charge is 0.481 e. The van der Waals surface area contributed by atoms with Crippen molar-refractivity contribution < 1.29 is 81.8 Å². The van der Waals surface area contributed by atoms with Gasteiger partial charge in [0.25, 0.3) is 30.4 Å². The molecule has 2 atom stereocenters. The highest BCUT2D eigenvalue weighted by Gasteiger charge is 2.48. The SMILES string of the molecule is CCN1/C(=C/C=C/C=C/C=C/C2=[N+](CCCCCC(=O)O)c3ccc(S(=O)(=O)O)cc3C2(C)CCOCCOCCOCCOCCOCCOC)C(C)(CCCS(=O)(=O)O)c2cc(S(=O)(=O)O)ccc21. The van der Waals surface area contributed by atoms with Crippen LogP contribution < -0.4 is 4.90 Å². The first kappa shape index (κ1) is 59.4. The van der Waals surface area contributed by atoms with Gasteiger partial charge in [0, 0.05) is 67.6 Å². The van der Waals surface area contributed by atoms with Crippen LogP contribution in [0.1, 0.15) is 76.8 Å². The molecule has 0 fully saturated rings. The van der Waals surface area contributed by atoms with Gasteiger partial charge in [0.05, 0.1) is 87.0 Å². The summed E-state index contributed by atoms with van der Waals surface area (Å²) < 4.78 is 137. The average molecular weight is 1060 g/mol. The van der Waals surface area contributed by atoms with E-state index in [4.69, 9.17) is 28.4 Å². The lowest BCUT2D eigenvalue weighted by Crippen LogP contribution is -2.33. The van der Waals surface area contributed by atoms with Crippen molar-refractivity contribution in [1.82, 2.24) is 0 Å². The highest BCUT2D eigenvalue weighted by atomic mass is 32.2. The van der Waals surface area contributed by atoms with E-state index in [1.807, 2.05) is 50.0 Å². The first-order chi connectivity index (χ1) is 33.7. The second-order valence-electron chi connectivity index (χ2n) is 17.3. The van der Waals surface area contributed by atoms with E-state index in [1.165, 1.54) is 24.3 Å². The molecule has 2 unspecified atom stereocenters. The number of aliphatic carboxylic acids is 1. The van der Waals surface area contributed by atoms with E-state index in [9.17, 15) is 48.8 Å². The molecule has 0 radical (unpaired) electrons. The molecule has 0 spiro atoms. The van der Waals surface area contributed by atoms with Crippen LogP contribution in [-0.2, 0) is 74.4 Å². The molecule has 0 amide bonds. The predicted octanol–water partition coefficient (Wildman–Crippen LogP) is 6.32. The lowest BCUT2D eigenvalue weighted by Gasteiger charge is -2.30. The minimum atomic E-state index is -4.55. The molecule has 4 N–H and O–H groups in total. The number of carboxylic acids is 1. The van der Waals surface area contributed by atoms with E-state index < -0.39 is 52.9 Å². The van der Waals surface area contributed by atoms with Gasteiger partial charge in [-0.25, -0.2) is 0 Å². The molecule has 2 aromatic rings. The fourth-order valence-corrected chi connectivity index (χ4v) is 10.2. The number of ether oxygens (including phenoxy) is 6. The third-order valence-electron chi connectivity index (χ3n) is 12.3. The van der Waals surface area contributed by atoms with E-state index in [0.717, 1.165) is 17.1 Å². The molecule has 0 saturated heterocycles. The number of rotatable bonds is 35. The molecule has 2 aliphatic heterocycles. The molecule has 0 aromatic heterocycles. The van der Waals surface area contributed by atoms with Crippen molar-refractivity contribution in [3.63, 3.8) is 0 Å². The number of carbonyl (C=O) groups is 1. The third-order valence-corrected chi connectivity index (χ3v) is 14.8. The van der Waals surface area contributed by atoms with Crippen molar-refractivity contribution in [3.05, 3.63) is 95.8 Å². The summed E-state index contributed by atoms with van der Waals surface area (Å²) in [6.07, 6.45) is 15.4. The number of fused-ring (bicyclic) bond motifs is 2. The molecule has 4 rings (SSSR count). The molecule has 2 heterocycles. The molecule has 2 aliphatic rings. The fourth-order valence-electron chi connectivity index (χ4n) is 8.71. The molecule has 0 bridgehead atoms. The highest BCUT2D eigenvalue weighted by Crippen LogP contribution is 2.51. The van der Waals surface area contributed by atoms with Crippen LogP contribution in [0, 0.1) is 0 Å². The Labute approximate surface area is 419 Å². The number of likely N-dealkylation sites (N-methyl/N-ethyl adjacent to an activating group) is 1. The van der Waals surface area contributed by atoms with Gasteiger partial charge in [0.1, 0.15) is 6.54 Å². The second-order valence-corrected chi connectivity index (χ2v) is 21.7. The van der Waals surface area contributed by atoms with E-state index in [0.29, 0.717) is 122 Å². The van der Waals surface area contributed by atoms with Crippen LogP contribution in [0.15, 0.2) is 94.4 Å². The minimum Gasteiger partial charge on any atom is -0.481 e. The van der Waals surface area contributed by atoms with Gasteiger partial charge in [-0.05, 0) is 94.8 Å². The summed E-state index contributed by atoms with van der Waals surface area (Å²) >= 11 is 0. The van der Waals surface area contributed by atoms with Crippen molar-refractivity contribution in [2.24, 2.45) is 0 Å². The fraction of sp³-hybridized carbons (Fsp3) is 0.551. The van der Waals surface area contributed by atoms with Crippen molar-refractivity contribution in [2.75, 3.05) is 104 Å². The van der Waals surface area contributed by atoms with Crippen LogP contribution >= 0.6 is 0 Å². The Morgan fingerprint density at radius 1 is 0.648 bits per heavy atom. The third kappa shape index (κ3) is 18.1. The van der Waals surface area contributed by atoms with Gasteiger partial charge < -0.3 is 38.4 Å². The van der Waals surface area contributed by atoms with Gasteiger partial charge in [-0.1, -0.05) is 30.4 Å². The average Bonchev–Trinajstić information content (AvgIpc) is 3.67. The summed E-state index contributed by atoms with van der Waals surface area (Å²) in [5.41, 5.74) is 2.62. The number of allylic oxidation sites excluding steroid dienone is 8. The monoisotopic (exact) mass is 1060 g/mol. The maximum Gasteiger partial charge on any atom is 0.303 e. The van der Waals surface area contributed by atoms with Crippen molar-refractivity contribution in [2.45, 2.75) is 86.3 Å². The van der Waals surface area contributed by atoms with Gasteiger partial charge in [-0.2, -0.15) is 29.8 Å². The first-order valence-corrected chi connectivity index (χ1v) is 28.1. The van der Waals surface area contributed by atoms with Crippen molar-refractivity contribution in [1.29, 1.82) is 0 Å². The number of nitrogens with zero attached hydrogens (tertiary/aromatic N) is 2. The second kappa shape index (κ2) is 28.3. The molecule has 2 aromatic carbocycles. The van der Waals surface area contributed by atoms with Crippen LogP contribution in [0.3, 0.4) is 0 Å². The van der Waals surface area contributed by atoms with Crippen LogP contribution in [0.5, 0.6) is 0 Å².